The number of amides is 1. The number of halogens is 1. The number of nitrogens with one attached hydrogen (secondary N) is 1. The van der Waals surface area contributed by atoms with Gasteiger partial charge in [-0.2, -0.15) is 0 Å². The zero-order chi connectivity index (χ0) is 19.3. The molecule has 1 amide bonds. The van der Waals surface area contributed by atoms with Crippen molar-refractivity contribution in [3.05, 3.63) is 48.4 Å². The molecule has 0 unspecified atom stereocenters. The zero-order valence-corrected chi connectivity index (χ0v) is 15.8. The quantitative estimate of drug-likeness (QED) is 0.878. The highest BCUT2D eigenvalue weighted by Gasteiger charge is 2.22. The Morgan fingerprint density at radius 2 is 1.75 bits per heavy atom. The van der Waals surface area contributed by atoms with Gasteiger partial charge in [0.1, 0.15) is 11.6 Å². The minimum atomic E-state index is -0.182. The molecule has 6 nitrogen and oxygen atoms in total. The number of rotatable bonds is 4. The maximum absolute atomic E-state index is 14.0. The van der Waals surface area contributed by atoms with Gasteiger partial charge in [-0.25, -0.2) is 9.37 Å². The van der Waals surface area contributed by atoms with Crippen molar-refractivity contribution in [1.82, 2.24) is 4.98 Å². The fraction of sp³-hybridized carbons (Fsp3) is 0.429. The fourth-order valence-corrected chi connectivity index (χ4v) is 3.74. The van der Waals surface area contributed by atoms with Crippen LogP contribution in [0.1, 0.15) is 12.8 Å². The predicted octanol–water partition coefficient (Wildman–Crippen LogP) is 2.91. The van der Waals surface area contributed by atoms with E-state index in [1.54, 1.807) is 12.3 Å². The molecule has 0 atom stereocenters. The van der Waals surface area contributed by atoms with E-state index in [0.717, 1.165) is 44.8 Å². The lowest BCUT2D eigenvalue weighted by Crippen LogP contribution is -2.47. The van der Waals surface area contributed by atoms with Crippen molar-refractivity contribution in [2.24, 2.45) is 5.92 Å². The summed E-state index contributed by atoms with van der Waals surface area (Å²) >= 11 is 0. The van der Waals surface area contributed by atoms with Crippen LogP contribution in [0.5, 0.6) is 0 Å². The Balaban J connectivity index is 1.32. The third-order valence-electron chi connectivity index (χ3n) is 5.40. The second kappa shape index (κ2) is 8.56. The van der Waals surface area contributed by atoms with E-state index in [0.29, 0.717) is 24.6 Å². The monoisotopic (exact) mass is 384 g/mol. The molecule has 148 valence electrons. The highest BCUT2D eigenvalue weighted by Crippen LogP contribution is 2.23. The van der Waals surface area contributed by atoms with Gasteiger partial charge in [-0.3, -0.25) is 4.79 Å². The number of benzene rings is 1. The molecule has 7 heteroatoms. The first kappa shape index (κ1) is 18.7. The van der Waals surface area contributed by atoms with Gasteiger partial charge in [0.25, 0.3) is 0 Å². The second-order valence-electron chi connectivity index (χ2n) is 7.21. The lowest BCUT2D eigenvalue weighted by Gasteiger charge is -2.36. The van der Waals surface area contributed by atoms with Crippen molar-refractivity contribution in [2.45, 2.75) is 12.8 Å². The van der Waals surface area contributed by atoms with Gasteiger partial charge in [-0.05, 0) is 37.1 Å². The van der Waals surface area contributed by atoms with Crippen LogP contribution in [-0.4, -0.2) is 50.3 Å². The number of pyridine rings is 1. The van der Waals surface area contributed by atoms with Crippen molar-refractivity contribution in [3.63, 3.8) is 0 Å². The Bertz CT molecular complexity index is 800. The molecule has 2 saturated heterocycles. The van der Waals surface area contributed by atoms with E-state index >= 15 is 0 Å². The van der Waals surface area contributed by atoms with Gasteiger partial charge >= 0.3 is 0 Å². The topological polar surface area (TPSA) is 57.7 Å². The van der Waals surface area contributed by atoms with E-state index < -0.39 is 0 Å². The number of para-hydroxylation sites is 1. The van der Waals surface area contributed by atoms with Crippen LogP contribution in [-0.2, 0) is 9.53 Å². The molecule has 2 aliphatic heterocycles. The van der Waals surface area contributed by atoms with Crippen LogP contribution in [0.2, 0.25) is 0 Å². The standard InChI is InChI=1S/C21H25FN4O2/c22-18-3-1-2-4-19(18)25-9-11-26(12-10-25)20-6-5-17(15-23-20)24-21(27)16-7-13-28-14-8-16/h1-6,15-16H,7-14H2,(H,24,27). The van der Waals surface area contributed by atoms with Crippen molar-refractivity contribution < 1.29 is 13.9 Å². The SMILES string of the molecule is O=C(Nc1ccc(N2CCN(c3ccccc3F)CC2)nc1)C1CCOCC1. The number of anilines is 3. The molecule has 4 rings (SSSR count). The Kier molecular flexibility index (Phi) is 5.71. The van der Waals surface area contributed by atoms with Gasteiger partial charge in [0.15, 0.2) is 0 Å². The molecule has 3 heterocycles. The number of hydrogen-bond acceptors (Lipinski definition) is 5. The Morgan fingerprint density at radius 3 is 2.43 bits per heavy atom. The number of aromatic nitrogens is 1. The molecule has 0 bridgehead atoms. The summed E-state index contributed by atoms with van der Waals surface area (Å²) in [5.74, 6) is 0.743. The van der Waals surface area contributed by atoms with Gasteiger partial charge in [0.2, 0.25) is 5.91 Å². The molecule has 2 aromatic rings. The summed E-state index contributed by atoms with van der Waals surface area (Å²) in [6.45, 7) is 4.32. The highest BCUT2D eigenvalue weighted by atomic mass is 19.1. The van der Waals surface area contributed by atoms with Gasteiger partial charge in [-0.1, -0.05) is 12.1 Å². The molecule has 2 aliphatic rings. The summed E-state index contributed by atoms with van der Waals surface area (Å²) in [5.41, 5.74) is 1.37. The summed E-state index contributed by atoms with van der Waals surface area (Å²) < 4.78 is 19.3. The smallest absolute Gasteiger partial charge is 0.227 e. The van der Waals surface area contributed by atoms with E-state index in [-0.39, 0.29) is 17.6 Å². The largest absolute Gasteiger partial charge is 0.381 e. The molecule has 0 aliphatic carbocycles. The van der Waals surface area contributed by atoms with Gasteiger partial charge in [0, 0.05) is 45.3 Å². The molecular formula is C21H25FN4O2. The van der Waals surface area contributed by atoms with Crippen LogP contribution < -0.4 is 15.1 Å². The van der Waals surface area contributed by atoms with E-state index in [4.69, 9.17) is 4.74 Å². The van der Waals surface area contributed by atoms with Gasteiger partial charge < -0.3 is 19.9 Å². The molecule has 0 saturated carbocycles. The number of piperazine rings is 1. The number of hydrogen-bond donors (Lipinski definition) is 1. The van der Waals surface area contributed by atoms with E-state index in [1.165, 1.54) is 6.07 Å². The van der Waals surface area contributed by atoms with Crippen LogP contribution in [0.25, 0.3) is 0 Å². The van der Waals surface area contributed by atoms with Crippen LogP contribution in [0, 0.1) is 11.7 Å². The van der Waals surface area contributed by atoms with Gasteiger partial charge in [0.05, 0.1) is 17.6 Å². The van der Waals surface area contributed by atoms with Crippen molar-refractivity contribution in [3.8, 4) is 0 Å². The Labute approximate surface area is 164 Å². The minimum absolute atomic E-state index is 0.0138. The fourth-order valence-electron chi connectivity index (χ4n) is 3.74. The van der Waals surface area contributed by atoms with E-state index in [9.17, 15) is 9.18 Å². The van der Waals surface area contributed by atoms with E-state index in [1.807, 2.05) is 24.3 Å². The van der Waals surface area contributed by atoms with Gasteiger partial charge in [-0.15, -0.1) is 0 Å². The maximum atomic E-state index is 14.0. The first-order chi connectivity index (χ1) is 13.7. The van der Waals surface area contributed by atoms with Crippen molar-refractivity contribution in [2.75, 3.05) is 54.5 Å². The molecule has 0 spiro atoms. The van der Waals surface area contributed by atoms with Crippen LogP contribution in [0.15, 0.2) is 42.6 Å². The summed E-state index contributed by atoms with van der Waals surface area (Å²) in [5, 5.41) is 2.95. The third-order valence-corrected chi connectivity index (χ3v) is 5.40. The maximum Gasteiger partial charge on any atom is 0.227 e. The van der Waals surface area contributed by atoms with Crippen molar-refractivity contribution >= 4 is 23.1 Å². The molecule has 1 N–H and O–H groups in total. The summed E-state index contributed by atoms with van der Waals surface area (Å²) in [7, 11) is 0. The van der Waals surface area contributed by atoms with Crippen LogP contribution >= 0.6 is 0 Å². The molecule has 1 aromatic heterocycles. The average molecular weight is 384 g/mol. The molecule has 2 fully saturated rings. The second-order valence-corrected chi connectivity index (χ2v) is 7.21. The molecule has 1 aromatic carbocycles. The Hall–Kier alpha value is -2.67. The number of carbonyl (C=O) groups is 1. The summed E-state index contributed by atoms with van der Waals surface area (Å²) in [4.78, 5) is 21.1. The summed E-state index contributed by atoms with van der Waals surface area (Å²) in [6, 6.07) is 10.7. The third kappa shape index (κ3) is 4.25. The molecule has 0 radical (unpaired) electrons. The minimum Gasteiger partial charge on any atom is -0.381 e. The average Bonchev–Trinajstić information content (AvgIpc) is 2.75. The lowest BCUT2D eigenvalue weighted by molar-refractivity contribution is -0.122. The lowest BCUT2D eigenvalue weighted by atomic mass is 9.99. The number of ether oxygens (including phenoxy) is 1. The summed E-state index contributed by atoms with van der Waals surface area (Å²) in [6.07, 6.45) is 3.24. The van der Waals surface area contributed by atoms with E-state index in [2.05, 4.69) is 20.1 Å². The Morgan fingerprint density at radius 1 is 1.04 bits per heavy atom. The zero-order valence-electron chi connectivity index (χ0n) is 15.8. The van der Waals surface area contributed by atoms with Crippen LogP contribution in [0.4, 0.5) is 21.6 Å². The normalized spacial score (nSPS) is 18.2. The molecule has 28 heavy (non-hydrogen) atoms. The predicted molar refractivity (Wildman–Crippen MR) is 107 cm³/mol. The van der Waals surface area contributed by atoms with Crippen LogP contribution in [0.3, 0.4) is 0 Å². The first-order valence-corrected chi connectivity index (χ1v) is 9.80. The number of carbonyl (C=O) groups excluding carboxylic acids is 1. The number of nitrogens with zero attached hydrogens (tertiary/aromatic N) is 3. The first-order valence-electron chi connectivity index (χ1n) is 9.80. The molecular weight excluding hydrogens is 359 g/mol. The highest BCUT2D eigenvalue weighted by molar-refractivity contribution is 5.92. The van der Waals surface area contributed by atoms with Crippen molar-refractivity contribution in [1.29, 1.82) is 0 Å².